The molecular weight excluding hydrogens is 528 g/mol. The van der Waals surface area contributed by atoms with Crippen LogP contribution in [0.5, 0.6) is 0 Å². The summed E-state index contributed by atoms with van der Waals surface area (Å²) >= 11 is -2.39. The van der Waals surface area contributed by atoms with E-state index in [2.05, 4.69) is 14.7 Å². The highest BCUT2D eigenvalue weighted by atomic mass is 32.2. The molecule has 1 fully saturated rings. The van der Waals surface area contributed by atoms with Crippen LogP contribution in [0.3, 0.4) is 0 Å². The van der Waals surface area contributed by atoms with Gasteiger partial charge in [-0.3, -0.25) is 14.1 Å². The van der Waals surface area contributed by atoms with Crippen LogP contribution >= 0.6 is 0 Å². The molecule has 1 aliphatic heterocycles. The fraction of sp³-hybridized carbons (Fsp3) is 0.320. The van der Waals surface area contributed by atoms with Gasteiger partial charge in [0, 0.05) is 24.3 Å². The number of nitrogens with zero attached hydrogens (tertiary/aromatic N) is 3. The van der Waals surface area contributed by atoms with E-state index >= 15 is 0 Å². The minimum Gasteiger partial charge on any atom is -0.466 e. The molecule has 1 aliphatic rings. The molecule has 0 amide bonds. The van der Waals surface area contributed by atoms with Crippen molar-refractivity contribution in [3.63, 3.8) is 0 Å². The maximum atomic E-state index is 14.0. The number of piperidine rings is 1. The molecular formula is C25H24F4N4O4S. The maximum Gasteiger partial charge on any atom is 0.451 e. The summed E-state index contributed by atoms with van der Waals surface area (Å²) in [5.41, 5.74) is 0.973. The zero-order chi connectivity index (χ0) is 27.4. The standard InChI is InChI=1S/C25H24F4N4O4S/c1-2-37-23(34)16-10-12-33(13-11-16)22-20(17-4-3-5-19(14-17)32-38(35)36)21(15-6-8-18(26)9-7-15)30-24(31-22)25(27,28)29/h3-9,14,16,32H,2,10-13H2,1H3,(H,35,36). The molecule has 2 heterocycles. The van der Waals surface area contributed by atoms with Gasteiger partial charge < -0.3 is 9.64 Å². The van der Waals surface area contributed by atoms with Crippen molar-refractivity contribution in [2.24, 2.45) is 5.92 Å². The third-order valence-electron chi connectivity index (χ3n) is 6.03. The molecule has 2 aromatic carbocycles. The van der Waals surface area contributed by atoms with Crippen LogP contribution in [0.15, 0.2) is 48.5 Å². The summed E-state index contributed by atoms with van der Waals surface area (Å²) in [7, 11) is 0. The van der Waals surface area contributed by atoms with E-state index in [1.54, 1.807) is 24.0 Å². The van der Waals surface area contributed by atoms with Crippen LogP contribution in [0, 0.1) is 11.7 Å². The molecule has 1 unspecified atom stereocenters. The predicted octanol–water partition coefficient (Wildman–Crippen LogP) is 5.30. The third kappa shape index (κ3) is 6.27. The third-order valence-corrected chi connectivity index (χ3v) is 6.44. The van der Waals surface area contributed by atoms with Gasteiger partial charge in [-0.05, 0) is 61.7 Å². The van der Waals surface area contributed by atoms with Crippen molar-refractivity contribution in [3.8, 4) is 22.4 Å². The first-order valence-corrected chi connectivity index (χ1v) is 12.8. The molecule has 13 heteroatoms. The van der Waals surface area contributed by atoms with Gasteiger partial charge in [0.2, 0.25) is 5.82 Å². The molecule has 0 bridgehead atoms. The second kappa shape index (κ2) is 11.4. The van der Waals surface area contributed by atoms with Gasteiger partial charge in [0.1, 0.15) is 11.6 Å². The summed E-state index contributed by atoms with van der Waals surface area (Å²) < 4.78 is 83.5. The van der Waals surface area contributed by atoms with Gasteiger partial charge in [-0.15, -0.1) is 0 Å². The number of hydrogen-bond donors (Lipinski definition) is 2. The molecule has 3 aromatic rings. The number of halogens is 4. The van der Waals surface area contributed by atoms with Crippen LogP contribution in [0.25, 0.3) is 22.4 Å². The van der Waals surface area contributed by atoms with Gasteiger partial charge in [0.05, 0.1) is 23.8 Å². The van der Waals surface area contributed by atoms with Crippen LogP contribution in [-0.2, 0) is 27.0 Å². The van der Waals surface area contributed by atoms with E-state index in [1.807, 2.05) is 0 Å². The smallest absolute Gasteiger partial charge is 0.451 e. The van der Waals surface area contributed by atoms with Gasteiger partial charge >= 0.3 is 12.1 Å². The second-order valence-electron chi connectivity index (χ2n) is 8.54. The zero-order valence-electron chi connectivity index (χ0n) is 20.2. The van der Waals surface area contributed by atoms with Crippen molar-refractivity contribution in [2.75, 3.05) is 29.3 Å². The molecule has 0 radical (unpaired) electrons. The molecule has 0 saturated carbocycles. The fourth-order valence-corrected chi connectivity index (χ4v) is 4.64. The van der Waals surface area contributed by atoms with Gasteiger partial charge in [0.15, 0.2) is 0 Å². The van der Waals surface area contributed by atoms with E-state index < -0.39 is 29.1 Å². The van der Waals surface area contributed by atoms with E-state index in [0.29, 0.717) is 18.4 Å². The zero-order valence-corrected chi connectivity index (χ0v) is 21.0. The number of anilines is 2. The largest absolute Gasteiger partial charge is 0.466 e. The maximum absolute atomic E-state index is 14.0. The Kier molecular flexibility index (Phi) is 8.26. The first kappa shape index (κ1) is 27.5. The molecule has 1 saturated heterocycles. The lowest BCUT2D eigenvalue weighted by molar-refractivity contribution is -0.148. The second-order valence-corrected chi connectivity index (χ2v) is 9.25. The molecule has 202 valence electrons. The topological polar surface area (TPSA) is 105 Å². The summed E-state index contributed by atoms with van der Waals surface area (Å²) in [5, 5.41) is 0. The monoisotopic (exact) mass is 552 g/mol. The Morgan fingerprint density at radius 3 is 2.42 bits per heavy atom. The normalized spacial score (nSPS) is 15.3. The molecule has 2 N–H and O–H groups in total. The van der Waals surface area contributed by atoms with Gasteiger partial charge in [0.25, 0.3) is 11.3 Å². The molecule has 8 nitrogen and oxygen atoms in total. The summed E-state index contributed by atoms with van der Waals surface area (Å²) in [6, 6.07) is 11.1. The highest BCUT2D eigenvalue weighted by Gasteiger charge is 2.38. The lowest BCUT2D eigenvalue weighted by atomic mass is 9.94. The fourth-order valence-electron chi connectivity index (χ4n) is 4.31. The quantitative estimate of drug-likeness (QED) is 0.233. The van der Waals surface area contributed by atoms with E-state index in [4.69, 9.17) is 4.74 Å². The minimum absolute atomic E-state index is 0.0174. The number of carbonyl (C=O) groups is 1. The summed E-state index contributed by atoms with van der Waals surface area (Å²) in [4.78, 5) is 21.6. The minimum atomic E-state index is -4.87. The van der Waals surface area contributed by atoms with Crippen LogP contribution in [0.1, 0.15) is 25.6 Å². The summed E-state index contributed by atoms with van der Waals surface area (Å²) in [6.07, 6.45) is -4.18. The number of ether oxygens (including phenoxy) is 1. The Morgan fingerprint density at radius 2 is 1.82 bits per heavy atom. The van der Waals surface area contributed by atoms with E-state index in [9.17, 15) is 31.1 Å². The molecule has 4 rings (SSSR count). The number of benzene rings is 2. The Bertz CT molecular complexity index is 1330. The van der Waals surface area contributed by atoms with Gasteiger partial charge in [-0.25, -0.2) is 18.6 Å². The number of nitrogens with one attached hydrogen (secondary N) is 1. The Labute approximate surface area is 218 Å². The number of esters is 1. The highest BCUT2D eigenvalue weighted by molar-refractivity contribution is 7.80. The van der Waals surface area contributed by atoms with Gasteiger partial charge in [-0.1, -0.05) is 12.1 Å². The molecule has 1 aromatic heterocycles. The number of hydrogen-bond acceptors (Lipinski definition) is 6. The Hall–Kier alpha value is -3.58. The van der Waals surface area contributed by atoms with Gasteiger partial charge in [-0.2, -0.15) is 13.2 Å². The van der Waals surface area contributed by atoms with Crippen molar-refractivity contribution < 1.29 is 35.9 Å². The lowest BCUT2D eigenvalue weighted by Gasteiger charge is -2.33. The van der Waals surface area contributed by atoms with Crippen molar-refractivity contribution in [2.45, 2.75) is 25.9 Å². The van der Waals surface area contributed by atoms with E-state index in [0.717, 1.165) is 12.1 Å². The summed E-state index contributed by atoms with van der Waals surface area (Å²) in [5.74, 6) is -2.70. The highest BCUT2D eigenvalue weighted by Crippen LogP contribution is 2.42. The number of rotatable bonds is 7. The first-order chi connectivity index (χ1) is 18.1. The van der Waals surface area contributed by atoms with Crippen LogP contribution in [0.4, 0.5) is 29.1 Å². The average molecular weight is 553 g/mol. The summed E-state index contributed by atoms with van der Waals surface area (Å²) in [6.45, 7) is 2.39. The number of alkyl halides is 3. The SMILES string of the molecule is CCOC(=O)C1CCN(c2nc(C(F)(F)F)nc(-c3ccc(F)cc3)c2-c2cccc(NS(=O)O)c2)CC1. The van der Waals surface area contributed by atoms with Crippen molar-refractivity contribution in [1.29, 1.82) is 0 Å². The first-order valence-electron chi connectivity index (χ1n) is 11.7. The van der Waals surface area contributed by atoms with E-state index in [1.165, 1.54) is 24.3 Å². The van der Waals surface area contributed by atoms with E-state index in [-0.39, 0.29) is 59.9 Å². The number of carbonyl (C=O) groups excluding carboxylic acids is 1. The average Bonchev–Trinajstić information content (AvgIpc) is 2.88. The Balaban J connectivity index is 1.90. The number of aromatic nitrogens is 2. The molecule has 1 atom stereocenters. The predicted molar refractivity (Wildman–Crippen MR) is 134 cm³/mol. The molecule has 38 heavy (non-hydrogen) atoms. The van der Waals surface area contributed by atoms with Crippen LogP contribution in [0.2, 0.25) is 0 Å². The van der Waals surface area contributed by atoms with Crippen molar-refractivity contribution >= 4 is 28.7 Å². The van der Waals surface area contributed by atoms with Crippen molar-refractivity contribution in [3.05, 3.63) is 60.2 Å². The van der Waals surface area contributed by atoms with Crippen molar-refractivity contribution in [1.82, 2.24) is 9.97 Å². The van der Waals surface area contributed by atoms with Crippen LogP contribution in [-0.4, -0.2) is 44.4 Å². The lowest BCUT2D eigenvalue weighted by Crippen LogP contribution is -2.38. The molecule has 0 aliphatic carbocycles. The molecule has 0 spiro atoms. The Morgan fingerprint density at radius 1 is 1.13 bits per heavy atom. The van der Waals surface area contributed by atoms with Crippen LogP contribution < -0.4 is 9.62 Å².